The molecule has 1 aromatic carbocycles. The molecule has 10 heteroatoms. The van der Waals surface area contributed by atoms with E-state index in [0.717, 1.165) is 42.7 Å². The molecule has 1 fully saturated rings. The highest BCUT2D eigenvalue weighted by Crippen LogP contribution is 2.30. The molecule has 0 spiro atoms. The number of rotatable bonds is 7. The van der Waals surface area contributed by atoms with Crippen LogP contribution in [0.2, 0.25) is 0 Å². The topological polar surface area (TPSA) is 135 Å². The molecule has 10 nitrogen and oxygen atoms in total. The molecule has 0 saturated heterocycles. The number of amides is 3. The second-order valence-corrected chi connectivity index (χ2v) is 9.96. The largest absolute Gasteiger partial charge is 0.451 e. The Kier molecular flexibility index (Phi) is 7.47. The van der Waals surface area contributed by atoms with Crippen molar-refractivity contribution >= 4 is 29.1 Å². The first kappa shape index (κ1) is 26.2. The Morgan fingerprint density at radius 1 is 1.08 bits per heavy atom. The fourth-order valence-corrected chi connectivity index (χ4v) is 5.13. The first-order valence-electron chi connectivity index (χ1n) is 13.1. The molecule has 3 aromatic heterocycles. The minimum Gasteiger partial charge on any atom is -0.451 e. The molecule has 1 saturated carbocycles. The zero-order valence-corrected chi connectivity index (χ0v) is 22.0. The molecule has 3 heterocycles. The van der Waals surface area contributed by atoms with Crippen LogP contribution in [0.1, 0.15) is 58.7 Å². The van der Waals surface area contributed by atoms with Crippen LogP contribution < -0.4 is 16.5 Å². The number of carbonyl (C=O) groups is 3. The number of aromatic nitrogens is 2. The molecule has 0 bridgehead atoms. The van der Waals surface area contributed by atoms with Crippen molar-refractivity contribution in [1.29, 1.82) is 0 Å². The van der Waals surface area contributed by atoms with E-state index in [9.17, 15) is 14.4 Å². The van der Waals surface area contributed by atoms with Gasteiger partial charge in [-0.15, -0.1) is 0 Å². The van der Waals surface area contributed by atoms with Gasteiger partial charge in [0.25, 0.3) is 5.91 Å². The number of nitrogens with two attached hydrogens (primary N) is 1. The van der Waals surface area contributed by atoms with E-state index in [-0.39, 0.29) is 23.5 Å². The summed E-state index contributed by atoms with van der Waals surface area (Å²) in [4.78, 5) is 42.9. The summed E-state index contributed by atoms with van der Waals surface area (Å²) in [5.41, 5.74) is 3.39. The van der Waals surface area contributed by atoms with Gasteiger partial charge < -0.3 is 19.5 Å². The highest BCUT2D eigenvalue weighted by Gasteiger charge is 2.36. The molecular formula is C29H32N6O4. The number of hydrazine groups is 1. The Morgan fingerprint density at radius 2 is 1.82 bits per heavy atom. The zero-order chi connectivity index (χ0) is 27.5. The molecule has 0 aliphatic heterocycles. The van der Waals surface area contributed by atoms with Gasteiger partial charge in [0.2, 0.25) is 5.91 Å². The van der Waals surface area contributed by atoms with Crippen LogP contribution in [-0.2, 0) is 4.79 Å². The minimum atomic E-state index is -0.754. The molecule has 4 N–H and O–H groups in total. The van der Waals surface area contributed by atoms with Crippen molar-refractivity contribution in [2.75, 3.05) is 12.4 Å². The zero-order valence-electron chi connectivity index (χ0n) is 22.0. The predicted molar refractivity (Wildman–Crippen MR) is 147 cm³/mol. The summed E-state index contributed by atoms with van der Waals surface area (Å²) in [6.45, 7) is 1.97. The van der Waals surface area contributed by atoms with Crippen molar-refractivity contribution in [3.05, 3.63) is 77.9 Å². The highest BCUT2D eigenvalue weighted by molar-refractivity contribution is 6.03. The van der Waals surface area contributed by atoms with E-state index in [1.807, 2.05) is 25.3 Å². The maximum Gasteiger partial charge on any atom is 0.304 e. The summed E-state index contributed by atoms with van der Waals surface area (Å²) in [7, 11) is 1.55. The monoisotopic (exact) mass is 528 g/mol. The number of nitrogens with one attached hydrogen (secondary N) is 2. The maximum atomic E-state index is 13.2. The van der Waals surface area contributed by atoms with Gasteiger partial charge in [-0.2, -0.15) is 0 Å². The van der Waals surface area contributed by atoms with E-state index in [1.165, 1.54) is 0 Å². The van der Waals surface area contributed by atoms with E-state index in [4.69, 9.17) is 10.3 Å². The first-order valence-corrected chi connectivity index (χ1v) is 13.1. The number of likely N-dealkylation sites (N-methyl/N-ethyl adjacent to an activating group) is 1. The van der Waals surface area contributed by atoms with Crippen LogP contribution in [0.5, 0.6) is 0 Å². The third kappa shape index (κ3) is 5.56. The Labute approximate surface area is 226 Å². The molecule has 4 aromatic rings. The molecule has 202 valence electrons. The summed E-state index contributed by atoms with van der Waals surface area (Å²) < 4.78 is 7.63. The minimum absolute atomic E-state index is 0.00881. The third-order valence-corrected chi connectivity index (χ3v) is 7.24. The van der Waals surface area contributed by atoms with E-state index in [0.29, 0.717) is 28.4 Å². The van der Waals surface area contributed by atoms with Gasteiger partial charge in [-0.3, -0.25) is 19.4 Å². The van der Waals surface area contributed by atoms with Crippen molar-refractivity contribution < 1.29 is 18.8 Å². The molecular weight excluding hydrogens is 496 g/mol. The number of aryl methyl sites for hydroxylation is 1. The number of nitrogens with zero attached hydrogens (tertiary/aromatic N) is 3. The van der Waals surface area contributed by atoms with Gasteiger partial charge in [0.05, 0.1) is 0 Å². The van der Waals surface area contributed by atoms with Gasteiger partial charge in [0, 0.05) is 30.7 Å². The number of imidazole rings is 1. The number of hydrogen-bond donors (Lipinski definition) is 3. The lowest BCUT2D eigenvalue weighted by atomic mass is 9.83. The SMILES string of the molecule is CNC(=O)[C@H](C1CCCCC1)N(N)C(=O)c1ccc(-c2ccc(NC(=O)c3cn4ccc(C)cc4n3)cc2)o1. The second kappa shape index (κ2) is 11.1. The maximum absolute atomic E-state index is 13.2. The fraction of sp³-hybridized carbons (Fsp3) is 0.310. The van der Waals surface area contributed by atoms with E-state index in [1.54, 1.807) is 54.0 Å². The average molecular weight is 529 g/mol. The van der Waals surface area contributed by atoms with Crippen molar-refractivity contribution in [1.82, 2.24) is 19.7 Å². The Hall–Kier alpha value is -4.44. The molecule has 1 aliphatic carbocycles. The quantitative estimate of drug-likeness (QED) is 0.187. The van der Waals surface area contributed by atoms with Crippen LogP contribution in [0.3, 0.4) is 0 Å². The molecule has 0 unspecified atom stereocenters. The van der Waals surface area contributed by atoms with Gasteiger partial charge >= 0.3 is 5.91 Å². The second-order valence-electron chi connectivity index (χ2n) is 9.96. The number of fused-ring (bicyclic) bond motifs is 1. The number of benzene rings is 1. The molecule has 3 amide bonds. The Bertz CT molecular complexity index is 1500. The standard InChI is InChI=1S/C29H32N6O4/c1-18-14-15-34-17-22(33-25(34)16-18)27(36)32-21-10-8-19(9-11-21)23-12-13-24(39-23)29(38)35(30)26(28(37)31-2)20-6-4-3-5-7-20/h8-17,20,26H,3-7,30H2,1-2H3,(H,31,37)(H,32,36)/t26-/m0/s1. The van der Waals surface area contributed by atoms with Crippen molar-refractivity contribution in [3.8, 4) is 11.3 Å². The number of furan rings is 1. The summed E-state index contributed by atoms with van der Waals surface area (Å²) in [5, 5.41) is 6.50. The summed E-state index contributed by atoms with van der Waals surface area (Å²) in [6, 6.07) is 13.4. The molecule has 0 radical (unpaired) electrons. The number of hydrogen-bond acceptors (Lipinski definition) is 6. The van der Waals surface area contributed by atoms with E-state index in [2.05, 4.69) is 15.6 Å². The summed E-state index contributed by atoms with van der Waals surface area (Å²) >= 11 is 0. The summed E-state index contributed by atoms with van der Waals surface area (Å²) in [5.74, 6) is 5.60. The van der Waals surface area contributed by atoms with Crippen LogP contribution >= 0.6 is 0 Å². The molecule has 1 atom stereocenters. The predicted octanol–water partition coefficient (Wildman–Crippen LogP) is 4.17. The fourth-order valence-electron chi connectivity index (χ4n) is 5.13. The van der Waals surface area contributed by atoms with Crippen LogP contribution in [0.25, 0.3) is 17.0 Å². The number of carbonyl (C=O) groups excluding carboxylic acids is 3. The van der Waals surface area contributed by atoms with Gasteiger partial charge in [0.15, 0.2) is 5.76 Å². The Morgan fingerprint density at radius 3 is 2.54 bits per heavy atom. The van der Waals surface area contributed by atoms with Gasteiger partial charge in [-0.25, -0.2) is 10.8 Å². The lowest BCUT2D eigenvalue weighted by molar-refractivity contribution is -0.127. The van der Waals surface area contributed by atoms with Crippen LogP contribution in [0.4, 0.5) is 5.69 Å². The first-order chi connectivity index (χ1) is 18.8. The highest BCUT2D eigenvalue weighted by atomic mass is 16.4. The average Bonchev–Trinajstić information content (AvgIpc) is 3.61. The summed E-state index contributed by atoms with van der Waals surface area (Å²) in [6.07, 6.45) is 8.40. The van der Waals surface area contributed by atoms with Crippen molar-refractivity contribution in [3.63, 3.8) is 0 Å². The van der Waals surface area contributed by atoms with Crippen LogP contribution in [-0.4, -0.2) is 45.2 Å². The van der Waals surface area contributed by atoms with Crippen molar-refractivity contribution in [2.24, 2.45) is 11.8 Å². The lowest BCUT2D eigenvalue weighted by Crippen LogP contribution is -2.56. The molecule has 39 heavy (non-hydrogen) atoms. The van der Waals surface area contributed by atoms with Crippen LogP contribution in [0, 0.1) is 12.8 Å². The molecule has 5 rings (SSSR count). The Balaban J connectivity index is 1.26. The third-order valence-electron chi connectivity index (χ3n) is 7.24. The molecule has 1 aliphatic rings. The van der Waals surface area contributed by atoms with Crippen molar-refractivity contribution in [2.45, 2.75) is 45.1 Å². The number of pyridine rings is 1. The number of anilines is 1. The van der Waals surface area contributed by atoms with Gasteiger partial charge in [-0.05, 0) is 79.8 Å². The van der Waals surface area contributed by atoms with E-state index >= 15 is 0 Å². The smallest absolute Gasteiger partial charge is 0.304 e. The van der Waals surface area contributed by atoms with Crippen LogP contribution in [0.15, 0.2) is 65.3 Å². The lowest BCUT2D eigenvalue weighted by Gasteiger charge is -2.34. The normalized spacial score (nSPS) is 14.6. The van der Waals surface area contributed by atoms with Gasteiger partial charge in [0.1, 0.15) is 23.1 Å². The van der Waals surface area contributed by atoms with Gasteiger partial charge in [-0.1, -0.05) is 19.3 Å². The van der Waals surface area contributed by atoms with E-state index < -0.39 is 11.9 Å².